The van der Waals surface area contributed by atoms with Gasteiger partial charge in [-0.1, -0.05) is 0 Å². The van der Waals surface area contributed by atoms with Gasteiger partial charge in [-0.15, -0.1) is 0 Å². The van der Waals surface area contributed by atoms with Crippen molar-refractivity contribution in [2.24, 2.45) is 0 Å². The molecule has 2 saturated heterocycles. The zero-order valence-electron chi connectivity index (χ0n) is 10.4. The molecule has 0 bridgehead atoms. The number of methoxy groups -OCH3 is 1. The van der Waals surface area contributed by atoms with Gasteiger partial charge in [-0.3, -0.25) is 9.69 Å². The molecule has 17 heavy (non-hydrogen) atoms. The molecule has 0 aromatic rings. The molecule has 2 atom stereocenters. The molecular formula is C12H21NO4. The van der Waals surface area contributed by atoms with Crippen molar-refractivity contribution >= 4 is 5.97 Å². The summed E-state index contributed by atoms with van der Waals surface area (Å²) in [5.41, 5.74) is 0. The van der Waals surface area contributed by atoms with E-state index in [0.717, 1.165) is 32.7 Å². The molecule has 2 aliphatic heterocycles. The Morgan fingerprint density at radius 2 is 2.35 bits per heavy atom. The molecule has 2 heterocycles. The Labute approximate surface area is 102 Å². The number of nitrogens with zero attached hydrogens (tertiary/aromatic N) is 1. The van der Waals surface area contributed by atoms with Crippen molar-refractivity contribution in [2.75, 3.05) is 40.0 Å². The molecule has 0 amide bonds. The summed E-state index contributed by atoms with van der Waals surface area (Å²) in [7, 11) is 1.41. The van der Waals surface area contributed by atoms with E-state index in [4.69, 9.17) is 9.47 Å². The summed E-state index contributed by atoms with van der Waals surface area (Å²) in [6.45, 7) is 4.13. The van der Waals surface area contributed by atoms with Gasteiger partial charge in [-0.2, -0.15) is 0 Å². The highest BCUT2D eigenvalue weighted by Gasteiger charge is 2.29. The number of esters is 1. The summed E-state index contributed by atoms with van der Waals surface area (Å²) in [5.74, 6) is -0.197. The molecule has 5 heteroatoms. The monoisotopic (exact) mass is 243 g/mol. The van der Waals surface area contributed by atoms with Gasteiger partial charge in [0.05, 0.1) is 32.8 Å². The normalized spacial score (nSPS) is 31.1. The van der Waals surface area contributed by atoms with Gasteiger partial charge in [0.2, 0.25) is 0 Å². The van der Waals surface area contributed by atoms with Crippen molar-refractivity contribution < 1.29 is 19.0 Å². The van der Waals surface area contributed by atoms with Gasteiger partial charge >= 0.3 is 5.97 Å². The lowest BCUT2D eigenvalue weighted by Gasteiger charge is -2.39. The lowest BCUT2D eigenvalue weighted by atomic mass is 10.1. The molecule has 2 unspecified atom stereocenters. The van der Waals surface area contributed by atoms with Gasteiger partial charge in [0.25, 0.3) is 0 Å². The zero-order valence-corrected chi connectivity index (χ0v) is 10.4. The van der Waals surface area contributed by atoms with E-state index in [1.165, 1.54) is 13.5 Å². The van der Waals surface area contributed by atoms with Crippen LogP contribution in [0.5, 0.6) is 0 Å². The van der Waals surface area contributed by atoms with Gasteiger partial charge in [0, 0.05) is 25.7 Å². The van der Waals surface area contributed by atoms with Crippen LogP contribution in [0.3, 0.4) is 0 Å². The predicted octanol–water partition coefficient (Wildman–Crippen LogP) is 0.429. The first-order chi connectivity index (χ1) is 8.29. The number of carbonyl (C=O) groups is 1. The topological polar surface area (TPSA) is 48.0 Å². The molecule has 0 radical (unpaired) electrons. The Kier molecular flexibility index (Phi) is 4.76. The second-order valence-electron chi connectivity index (χ2n) is 4.64. The SMILES string of the molecule is COC(=O)CC1CN(C2CCCOC2)CCO1. The summed E-state index contributed by atoms with van der Waals surface area (Å²) in [4.78, 5) is 13.6. The molecule has 0 saturated carbocycles. The van der Waals surface area contributed by atoms with Crippen LogP contribution in [0.15, 0.2) is 0 Å². The Morgan fingerprint density at radius 3 is 3.06 bits per heavy atom. The lowest BCUT2D eigenvalue weighted by Crippen LogP contribution is -2.50. The van der Waals surface area contributed by atoms with Crippen molar-refractivity contribution in [3.05, 3.63) is 0 Å². The Morgan fingerprint density at radius 1 is 1.47 bits per heavy atom. The van der Waals surface area contributed by atoms with Crippen LogP contribution in [-0.2, 0) is 19.0 Å². The van der Waals surface area contributed by atoms with E-state index in [0.29, 0.717) is 19.1 Å². The highest BCUT2D eigenvalue weighted by Crippen LogP contribution is 2.18. The number of hydrogen-bond donors (Lipinski definition) is 0. The first-order valence-corrected chi connectivity index (χ1v) is 6.30. The van der Waals surface area contributed by atoms with E-state index in [1.807, 2.05) is 0 Å². The van der Waals surface area contributed by atoms with Crippen molar-refractivity contribution in [1.29, 1.82) is 0 Å². The van der Waals surface area contributed by atoms with E-state index in [-0.39, 0.29) is 12.1 Å². The standard InChI is InChI=1S/C12H21NO4/c1-15-12(14)7-11-8-13(4-6-17-11)10-3-2-5-16-9-10/h10-11H,2-9H2,1H3. The summed E-state index contributed by atoms with van der Waals surface area (Å²) in [6, 6.07) is 0.493. The molecule has 98 valence electrons. The van der Waals surface area contributed by atoms with Crippen LogP contribution in [0.25, 0.3) is 0 Å². The number of morpholine rings is 1. The molecule has 0 aromatic carbocycles. The molecule has 2 fully saturated rings. The minimum atomic E-state index is -0.197. The van der Waals surface area contributed by atoms with Crippen LogP contribution in [0.2, 0.25) is 0 Å². The van der Waals surface area contributed by atoms with Crippen molar-refractivity contribution in [1.82, 2.24) is 4.90 Å². The summed E-state index contributed by atoms with van der Waals surface area (Å²) in [6.07, 6.45) is 2.63. The highest BCUT2D eigenvalue weighted by molar-refractivity contribution is 5.69. The third-order valence-corrected chi connectivity index (χ3v) is 3.44. The van der Waals surface area contributed by atoms with Crippen LogP contribution < -0.4 is 0 Å². The Hall–Kier alpha value is -0.650. The van der Waals surface area contributed by atoms with Crippen LogP contribution in [0.4, 0.5) is 0 Å². The molecular weight excluding hydrogens is 222 g/mol. The van der Waals surface area contributed by atoms with Gasteiger partial charge in [-0.25, -0.2) is 0 Å². The van der Waals surface area contributed by atoms with Crippen LogP contribution in [0, 0.1) is 0 Å². The maximum atomic E-state index is 11.2. The summed E-state index contributed by atoms with van der Waals surface area (Å²) in [5, 5.41) is 0. The molecule has 5 nitrogen and oxygen atoms in total. The minimum Gasteiger partial charge on any atom is -0.469 e. The summed E-state index contributed by atoms with van der Waals surface area (Å²) < 4.78 is 15.8. The highest BCUT2D eigenvalue weighted by atomic mass is 16.5. The third-order valence-electron chi connectivity index (χ3n) is 3.44. The molecule has 2 rings (SSSR count). The van der Waals surface area contributed by atoms with E-state index < -0.39 is 0 Å². The Bertz CT molecular complexity index is 253. The first-order valence-electron chi connectivity index (χ1n) is 6.30. The van der Waals surface area contributed by atoms with E-state index in [2.05, 4.69) is 9.64 Å². The van der Waals surface area contributed by atoms with E-state index in [9.17, 15) is 4.79 Å². The Balaban J connectivity index is 1.81. The van der Waals surface area contributed by atoms with E-state index >= 15 is 0 Å². The quantitative estimate of drug-likeness (QED) is 0.673. The lowest BCUT2D eigenvalue weighted by molar-refractivity contribution is -0.146. The second kappa shape index (κ2) is 6.33. The van der Waals surface area contributed by atoms with E-state index in [1.54, 1.807) is 0 Å². The fraction of sp³-hybridized carbons (Fsp3) is 0.917. The van der Waals surface area contributed by atoms with Gasteiger partial charge in [0.1, 0.15) is 0 Å². The largest absolute Gasteiger partial charge is 0.469 e. The van der Waals surface area contributed by atoms with Crippen molar-refractivity contribution in [3.63, 3.8) is 0 Å². The van der Waals surface area contributed by atoms with Crippen molar-refractivity contribution in [3.8, 4) is 0 Å². The smallest absolute Gasteiger partial charge is 0.308 e. The van der Waals surface area contributed by atoms with Gasteiger partial charge in [0.15, 0.2) is 0 Å². The molecule has 0 spiro atoms. The fourth-order valence-corrected chi connectivity index (χ4v) is 2.48. The molecule has 0 N–H and O–H groups in total. The van der Waals surface area contributed by atoms with Crippen LogP contribution >= 0.6 is 0 Å². The zero-order chi connectivity index (χ0) is 12.1. The molecule has 2 aliphatic rings. The average molecular weight is 243 g/mol. The molecule has 0 aromatic heterocycles. The first kappa shape index (κ1) is 12.8. The maximum absolute atomic E-state index is 11.2. The minimum absolute atomic E-state index is 0.0295. The number of ether oxygens (including phenoxy) is 3. The van der Waals surface area contributed by atoms with Crippen LogP contribution in [0.1, 0.15) is 19.3 Å². The fourth-order valence-electron chi connectivity index (χ4n) is 2.48. The number of rotatable bonds is 3. The van der Waals surface area contributed by atoms with Gasteiger partial charge < -0.3 is 14.2 Å². The average Bonchev–Trinajstić information content (AvgIpc) is 2.40. The number of hydrogen-bond acceptors (Lipinski definition) is 5. The second-order valence-corrected chi connectivity index (χ2v) is 4.64. The predicted molar refractivity (Wildman–Crippen MR) is 61.8 cm³/mol. The molecule has 0 aliphatic carbocycles. The maximum Gasteiger partial charge on any atom is 0.308 e. The van der Waals surface area contributed by atoms with Gasteiger partial charge in [-0.05, 0) is 12.8 Å². The van der Waals surface area contributed by atoms with Crippen LogP contribution in [-0.4, -0.2) is 63.0 Å². The summed E-state index contributed by atoms with van der Waals surface area (Å²) >= 11 is 0. The van der Waals surface area contributed by atoms with Crippen molar-refractivity contribution in [2.45, 2.75) is 31.4 Å². The third kappa shape index (κ3) is 3.66. The number of carbonyl (C=O) groups excluding carboxylic acids is 1.